The molecule has 3 nitrogen and oxygen atoms in total. The first kappa shape index (κ1) is 14.1. The molecular weight excluding hydrogens is 250 g/mol. The van der Waals surface area contributed by atoms with Crippen LogP contribution >= 0.6 is 0 Å². The normalized spacial score (nSPS) is 11.9. The predicted octanol–water partition coefficient (Wildman–Crippen LogP) is 3.13. The molecule has 2 aromatic carbocycles. The van der Waals surface area contributed by atoms with Crippen molar-refractivity contribution in [3.8, 4) is 16.9 Å². The topological polar surface area (TPSA) is 49.3 Å². The number of aromatic hydroxyl groups is 1. The number of phenolic OH excluding ortho intramolecular Hbond substituents is 1. The molecule has 0 spiro atoms. The molecule has 0 fully saturated rings. The summed E-state index contributed by atoms with van der Waals surface area (Å²) in [5, 5.41) is 12.2. The Morgan fingerprint density at radius 2 is 1.55 bits per heavy atom. The largest absolute Gasteiger partial charge is 0.508 e. The van der Waals surface area contributed by atoms with Gasteiger partial charge in [-0.25, -0.2) is 0 Å². The second-order valence-electron chi connectivity index (χ2n) is 5.05. The van der Waals surface area contributed by atoms with E-state index >= 15 is 0 Å². The SMILES string of the molecule is CC(=O)NC(C)Cc1ccc(-c2ccc(O)cc2)cc1. The first-order valence-electron chi connectivity index (χ1n) is 6.70. The average molecular weight is 269 g/mol. The minimum absolute atomic E-state index is 0.00165. The highest BCUT2D eigenvalue weighted by molar-refractivity contribution is 5.73. The lowest BCUT2D eigenvalue weighted by atomic mass is 10.0. The van der Waals surface area contributed by atoms with E-state index in [9.17, 15) is 9.90 Å². The van der Waals surface area contributed by atoms with Gasteiger partial charge >= 0.3 is 0 Å². The smallest absolute Gasteiger partial charge is 0.217 e. The van der Waals surface area contributed by atoms with E-state index in [0.717, 1.165) is 17.5 Å². The van der Waals surface area contributed by atoms with Crippen molar-refractivity contribution in [1.29, 1.82) is 0 Å². The van der Waals surface area contributed by atoms with Gasteiger partial charge in [0.25, 0.3) is 0 Å². The number of hydrogen-bond acceptors (Lipinski definition) is 2. The Labute approximate surface area is 119 Å². The summed E-state index contributed by atoms with van der Waals surface area (Å²) in [5.41, 5.74) is 3.37. The van der Waals surface area contributed by atoms with E-state index in [1.807, 2.05) is 19.1 Å². The molecule has 1 unspecified atom stereocenters. The number of hydrogen-bond donors (Lipinski definition) is 2. The fraction of sp³-hybridized carbons (Fsp3) is 0.235. The van der Waals surface area contributed by atoms with Crippen molar-refractivity contribution < 1.29 is 9.90 Å². The molecule has 0 aliphatic heterocycles. The van der Waals surface area contributed by atoms with E-state index in [2.05, 4.69) is 29.6 Å². The third-order valence-corrected chi connectivity index (χ3v) is 3.15. The van der Waals surface area contributed by atoms with Gasteiger partial charge in [0.1, 0.15) is 5.75 Å². The Morgan fingerprint density at radius 3 is 2.05 bits per heavy atom. The molecule has 2 N–H and O–H groups in total. The maximum absolute atomic E-state index is 11.0. The third kappa shape index (κ3) is 3.85. The summed E-state index contributed by atoms with van der Waals surface area (Å²) in [5.74, 6) is 0.271. The number of phenols is 1. The van der Waals surface area contributed by atoms with Crippen LogP contribution in [0.25, 0.3) is 11.1 Å². The van der Waals surface area contributed by atoms with Crippen LogP contribution in [0, 0.1) is 0 Å². The Bertz CT molecular complexity index is 573. The van der Waals surface area contributed by atoms with Gasteiger partial charge in [-0.15, -0.1) is 0 Å². The van der Waals surface area contributed by atoms with Crippen LogP contribution in [-0.2, 0) is 11.2 Å². The maximum atomic E-state index is 11.0. The lowest BCUT2D eigenvalue weighted by molar-refractivity contribution is -0.119. The van der Waals surface area contributed by atoms with Gasteiger partial charge in [0, 0.05) is 13.0 Å². The van der Waals surface area contributed by atoms with Gasteiger partial charge in [0.05, 0.1) is 0 Å². The zero-order chi connectivity index (χ0) is 14.5. The van der Waals surface area contributed by atoms with Gasteiger partial charge in [-0.05, 0) is 42.2 Å². The molecule has 1 amide bonds. The van der Waals surface area contributed by atoms with E-state index in [0.29, 0.717) is 0 Å². The molecule has 0 bridgehead atoms. The van der Waals surface area contributed by atoms with Crippen molar-refractivity contribution in [3.63, 3.8) is 0 Å². The highest BCUT2D eigenvalue weighted by Crippen LogP contribution is 2.22. The van der Waals surface area contributed by atoms with Crippen LogP contribution in [0.5, 0.6) is 5.75 Å². The molecule has 0 saturated heterocycles. The summed E-state index contributed by atoms with van der Waals surface area (Å²) < 4.78 is 0. The van der Waals surface area contributed by atoms with E-state index in [-0.39, 0.29) is 17.7 Å². The molecule has 3 heteroatoms. The number of carbonyl (C=O) groups excluding carboxylic acids is 1. The summed E-state index contributed by atoms with van der Waals surface area (Å²) in [6.45, 7) is 3.53. The predicted molar refractivity (Wildman–Crippen MR) is 80.5 cm³/mol. The Morgan fingerprint density at radius 1 is 1.05 bits per heavy atom. The van der Waals surface area contributed by atoms with Gasteiger partial charge in [-0.3, -0.25) is 4.79 Å². The summed E-state index contributed by atoms with van der Waals surface area (Å²) >= 11 is 0. The van der Waals surface area contributed by atoms with Gasteiger partial charge < -0.3 is 10.4 Å². The van der Waals surface area contributed by atoms with Crippen LogP contribution in [0.4, 0.5) is 0 Å². The molecule has 0 aliphatic carbocycles. The van der Waals surface area contributed by atoms with Crippen LogP contribution in [0.1, 0.15) is 19.4 Å². The first-order chi connectivity index (χ1) is 9.54. The Balaban J connectivity index is 2.06. The van der Waals surface area contributed by atoms with Gasteiger partial charge in [-0.1, -0.05) is 36.4 Å². The zero-order valence-electron chi connectivity index (χ0n) is 11.8. The summed E-state index contributed by atoms with van der Waals surface area (Å²) in [6.07, 6.45) is 0.815. The number of carbonyl (C=O) groups is 1. The lowest BCUT2D eigenvalue weighted by Gasteiger charge is -2.12. The molecule has 0 heterocycles. The standard InChI is InChI=1S/C17H19NO2/c1-12(18-13(2)19)11-14-3-5-15(6-4-14)16-7-9-17(20)10-8-16/h3-10,12,20H,11H2,1-2H3,(H,18,19). The number of rotatable bonds is 4. The monoisotopic (exact) mass is 269 g/mol. The molecular formula is C17H19NO2. The van der Waals surface area contributed by atoms with Crippen molar-refractivity contribution in [1.82, 2.24) is 5.32 Å². The molecule has 0 saturated carbocycles. The van der Waals surface area contributed by atoms with Crippen molar-refractivity contribution >= 4 is 5.91 Å². The van der Waals surface area contributed by atoms with E-state index in [4.69, 9.17) is 0 Å². The van der Waals surface area contributed by atoms with Gasteiger partial charge in [0.15, 0.2) is 0 Å². The van der Waals surface area contributed by atoms with Crippen LogP contribution in [-0.4, -0.2) is 17.1 Å². The lowest BCUT2D eigenvalue weighted by Crippen LogP contribution is -2.31. The van der Waals surface area contributed by atoms with E-state index in [1.54, 1.807) is 12.1 Å². The molecule has 2 rings (SSSR count). The van der Waals surface area contributed by atoms with Crippen LogP contribution < -0.4 is 5.32 Å². The third-order valence-electron chi connectivity index (χ3n) is 3.15. The molecule has 0 aliphatic rings. The van der Waals surface area contributed by atoms with Crippen LogP contribution in [0.2, 0.25) is 0 Å². The fourth-order valence-electron chi connectivity index (χ4n) is 2.24. The second-order valence-corrected chi connectivity index (χ2v) is 5.05. The maximum Gasteiger partial charge on any atom is 0.217 e. The highest BCUT2D eigenvalue weighted by Gasteiger charge is 2.05. The minimum atomic E-state index is -0.00165. The summed E-state index contributed by atoms with van der Waals surface area (Å²) in [6, 6.07) is 15.5. The van der Waals surface area contributed by atoms with Gasteiger partial charge in [0.2, 0.25) is 5.91 Å². The number of amides is 1. The Hall–Kier alpha value is -2.29. The van der Waals surface area contributed by atoms with E-state index in [1.165, 1.54) is 12.5 Å². The number of nitrogens with one attached hydrogen (secondary N) is 1. The Kier molecular flexibility index (Phi) is 4.41. The van der Waals surface area contributed by atoms with Gasteiger partial charge in [-0.2, -0.15) is 0 Å². The molecule has 104 valence electrons. The molecule has 0 radical (unpaired) electrons. The van der Waals surface area contributed by atoms with Crippen LogP contribution in [0.15, 0.2) is 48.5 Å². The fourth-order valence-corrected chi connectivity index (χ4v) is 2.24. The van der Waals surface area contributed by atoms with Crippen molar-refractivity contribution in [3.05, 3.63) is 54.1 Å². The van der Waals surface area contributed by atoms with Crippen molar-refractivity contribution in [2.24, 2.45) is 0 Å². The quantitative estimate of drug-likeness (QED) is 0.896. The zero-order valence-corrected chi connectivity index (χ0v) is 11.8. The second kappa shape index (κ2) is 6.24. The molecule has 1 atom stereocenters. The van der Waals surface area contributed by atoms with Crippen molar-refractivity contribution in [2.45, 2.75) is 26.3 Å². The van der Waals surface area contributed by atoms with Crippen molar-refractivity contribution in [2.75, 3.05) is 0 Å². The highest BCUT2D eigenvalue weighted by atomic mass is 16.3. The summed E-state index contributed by atoms with van der Waals surface area (Å²) in [7, 11) is 0. The van der Waals surface area contributed by atoms with Crippen LogP contribution in [0.3, 0.4) is 0 Å². The molecule has 2 aromatic rings. The molecule has 0 aromatic heterocycles. The average Bonchev–Trinajstić information content (AvgIpc) is 2.39. The minimum Gasteiger partial charge on any atom is -0.508 e. The summed E-state index contributed by atoms with van der Waals surface area (Å²) in [4.78, 5) is 11.0. The first-order valence-corrected chi connectivity index (χ1v) is 6.70. The number of benzene rings is 2. The van der Waals surface area contributed by atoms with E-state index < -0.39 is 0 Å². The molecule has 20 heavy (non-hydrogen) atoms.